The van der Waals surface area contributed by atoms with Gasteiger partial charge < -0.3 is 45.9 Å². The van der Waals surface area contributed by atoms with E-state index in [0.717, 1.165) is 16.7 Å². The number of nitrogens with zero attached hydrogens (tertiary/aromatic N) is 1. The van der Waals surface area contributed by atoms with E-state index in [1.165, 1.54) is 31.4 Å². The Labute approximate surface area is 229 Å². The van der Waals surface area contributed by atoms with Crippen LogP contribution in [-0.2, 0) is 39.8 Å². The zero-order valence-corrected chi connectivity index (χ0v) is 21.6. The number of amides is 4. The first-order chi connectivity index (χ1) is 18.9. The Morgan fingerprint density at radius 3 is 2.42 bits per heavy atom. The van der Waals surface area contributed by atoms with Crippen molar-refractivity contribution in [2.24, 2.45) is 11.5 Å². The maximum absolute atomic E-state index is 13.1. The maximum Gasteiger partial charge on any atom is 0.512 e. The summed E-state index contributed by atoms with van der Waals surface area (Å²) in [5.74, 6) is -3.03. The Balaban J connectivity index is 1.63. The molecule has 0 bridgehead atoms. The van der Waals surface area contributed by atoms with E-state index >= 15 is 0 Å². The number of hydrogen-bond donors (Lipinski definition) is 6. The lowest BCUT2D eigenvalue weighted by molar-refractivity contribution is -0.195. The van der Waals surface area contributed by atoms with Crippen molar-refractivity contribution in [2.45, 2.75) is 23.6 Å². The molecular weight excluding hydrogens is 558 g/mol. The first-order valence-corrected chi connectivity index (χ1v) is 12.3. The predicted octanol–water partition coefficient (Wildman–Crippen LogP) is -0.435. The van der Waals surface area contributed by atoms with Crippen molar-refractivity contribution in [1.82, 2.24) is 10.2 Å². The van der Waals surface area contributed by atoms with Gasteiger partial charge >= 0.3 is 24.3 Å². The van der Waals surface area contributed by atoms with Crippen molar-refractivity contribution in [2.75, 3.05) is 31.4 Å². The highest BCUT2D eigenvalue weighted by Gasteiger charge is 2.66. The van der Waals surface area contributed by atoms with Crippen LogP contribution in [0.4, 0.5) is 20.1 Å². The number of ether oxygens (including phenoxy) is 4. The smallest absolute Gasteiger partial charge is 0.480 e. The molecule has 3 rings (SSSR count). The lowest BCUT2D eigenvalue weighted by atomic mass is 10.00. The average molecular weight is 584 g/mol. The highest BCUT2D eigenvalue weighted by Crippen LogP contribution is 2.46. The molecule has 8 N–H and O–H groups in total. The van der Waals surface area contributed by atoms with E-state index in [0.29, 0.717) is 11.3 Å². The molecule has 0 aromatic heterocycles. The lowest BCUT2D eigenvalue weighted by Crippen LogP contribution is -2.80. The van der Waals surface area contributed by atoms with Crippen molar-refractivity contribution < 1.29 is 57.9 Å². The summed E-state index contributed by atoms with van der Waals surface area (Å²) in [5.41, 5.74) is 9.36. The summed E-state index contributed by atoms with van der Waals surface area (Å²) in [4.78, 5) is 71.6. The number of thioether (sulfide) groups is 1. The summed E-state index contributed by atoms with van der Waals surface area (Å²) in [6, 6.07) is 4.61. The molecule has 0 radical (unpaired) electrons. The molecule has 1 aromatic rings. The van der Waals surface area contributed by atoms with Crippen molar-refractivity contribution in [1.29, 1.82) is 0 Å². The van der Waals surface area contributed by atoms with E-state index in [1.807, 2.05) is 0 Å². The van der Waals surface area contributed by atoms with E-state index < -0.39 is 66.5 Å². The fourth-order valence-electron chi connectivity index (χ4n) is 3.66. The van der Waals surface area contributed by atoms with Crippen LogP contribution in [0.3, 0.4) is 0 Å². The first kappa shape index (κ1) is 30.0. The lowest BCUT2D eigenvalue weighted by Gasteiger charge is -2.55. The average Bonchev–Trinajstić information content (AvgIpc) is 2.89. The van der Waals surface area contributed by atoms with Crippen LogP contribution in [-0.4, -0.2) is 94.5 Å². The van der Waals surface area contributed by atoms with Gasteiger partial charge in [0, 0.05) is 24.1 Å². The topological polar surface area (TPSA) is 259 Å². The number of carbonyl (C=O) groups excluding carboxylic acids is 4. The van der Waals surface area contributed by atoms with Gasteiger partial charge in [0.1, 0.15) is 24.6 Å². The summed E-state index contributed by atoms with van der Waals surface area (Å²) in [7, 11) is 1.20. The van der Waals surface area contributed by atoms with Gasteiger partial charge in [-0.05, 0) is 17.7 Å². The number of nitrogens with one attached hydrogen (secondary N) is 2. The van der Waals surface area contributed by atoms with Gasteiger partial charge in [-0.25, -0.2) is 14.4 Å². The van der Waals surface area contributed by atoms with Crippen molar-refractivity contribution in [3.63, 3.8) is 0 Å². The van der Waals surface area contributed by atoms with E-state index in [1.54, 1.807) is 0 Å². The summed E-state index contributed by atoms with van der Waals surface area (Å²) in [5, 5.41) is 21.9. The predicted molar refractivity (Wildman–Crippen MR) is 133 cm³/mol. The second-order valence-electron chi connectivity index (χ2n) is 8.25. The molecule has 0 aliphatic carbocycles. The third-order valence-electron chi connectivity index (χ3n) is 5.55. The normalized spacial score (nSPS) is 20.4. The van der Waals surface area contributed by atoms with E-state index in [9.17, 15) is 28.8 Å². The number of primary amides is 1. The molecule has 18 heteroatoms. The standard InChI is InChI=1S/C22H25N5O12S/c1-36-22(17(31)27-15(39-21(34)35)11(7-37-19(24)32)9-40-18(22)27)26-14(28)6-10-2-4-12(5-3-10)25-20(33)38-8-13(23)16(29)30/h2-5,13,18H,6-9,23H2,1H3,(H2,24,32)(H,25,33)(H,26,28)(H,29,30)(H,34,35)/t13-,18+,22+/m1/s1. The highest BCUT2D eigenvalue weighted by molar-refractivity contribution is 8.00. The van der Waals surface area contributed by atoms with Crippen LogP contribution in [0.1, 0.15) is 5.56 Å². The largest absolute Gasteiger partial charge is 0.512 e. The quantitative estimate of drug-likeness (QED) is 0.0836. The SMILES string of the molecule is CO[C@@]1(NC(=O)Cc2ccc(NC(=O)OC[C@@H](N)C(=O)O)cc2)C(=O)N2C(OC(=O)O)=C(COC(N)=O)CS[C@H]21. The van der Waals surface area contributed by atoms with Crippen LogP contribution in [0.25, 0.3) is 0 Å². The third kappa shape index (κ3) is 6.71. The van der Waals surface area contributed by atoms with Crippen LogP contribution in [0, 0.1) is 0 Å². The van der Waals surface area contributed by atoms with Gasteiger partial charge in [-0.1, -0.05) is 12.1 Å². The molecule has 2 aliphatic heterocycles. The Morgan fingerprint density at radius 1 is 1.18 bits per heavy atom. The van der Waals surface area contributed by atoms with E-state index in [2.05, 4.69) is 10.6 Å². The molecule has 0 unspecified atom stereocenters. The second kappa shape index (κ2) is 12.5. The third-order valence-corrected chi connectivity index (χ3v) is 6.93. The molecule has 40 heavy (non-hydrogen) atoms. The van der Waals surface area contributed by atoms with Gasteiger partial charge in [0.2, 0.25) is 11.8 Å². The minimum Gasteiger partial charge on any atom is -0.480 e. The molecule has 1 aromatic carbocycles. The Bertz CT molecular complexity index is 1240. The van der Waals surface area contributed by atoms with Crippen LogP contribution in [0.15, 0.2) is 35.7 Å². The zero-order valence-electron chi connectivity index (χ0n) is 20.8. The maximum atomic E-state index is 13.1. The number of β-lactam (4-membered cyclic amide) rings is 1. The van der Waals surface area contributed by atoms with Crippen LogP contribution < -0.4 is 22.1 Å². The molecule has 2 aliphatic rings. The molecule has 4 amide bonds. The van der Waals surface area contributed by atoms with Crippen molar-refractivity contribution >= 4 is 53.6 Å². The van der Waals surface area contributed by atoms with Gasteiger partial charge in [0.05, 0.1) is 6.42 Å². The molecule has 2 heterocycles. The Hall–Kier alpha value is -4.55. The number of carbonyl (C=O) groups is 6. The number of benzene rings is 1. The van der Waals surface area contributed by atoms with Crippen LogP contribution >= 0.6 is 11.8 Å². The Morgan fingerprint density at radius 2 is 1.85 bits per heavy atom. The summed E-state index contributed by atoms with van der Waals surface area (Å²) >= 11 is 1.11. The molecule has 216 valence electrons. The number of rotatable bonds is 11. The van der Waals surface area contributed by atoms with E-state index in [4.69, 9.17) is 40.6 Å². The fraction of sp³-hybridized carbons (Fsp3) is 0.364. The number of methoxy groups -OCH3 is 1. The summed E-state index contributed by atoms with van der Waals surface area (Å²) in [6.45, 7) is -0.940. The monoisotopic (exact) mass is 583 g/mol. The van der Waals surface area contributed by atoms with Crippen LogP contribution in [0.5, 0.6) is 0 Å². The molecular formula is C22H25N5O12S. The number of carboxylic acids is 1. The van der Waals surface area contributed by atoms with Crippen molar-refractivity contribution in [3.8, 4) is 0 Å². The van der Waals surface area contributed by atoms with Crippen LogP contribution in [0.2, 0.25) is 0 Å². The molecule has 0 saturated carbocycles. The highest BCUT2D eigenvalue weighted by atomic mass is 32.2. The van der Waals surface area contributed by atoms with Gasteiger partial charge in [-0.15, -0.1) is 11.8 Å². The summed E-state index contributed by atoms with van der Waals surface area (Å²) < 4.78 is 19.6. The minimum absolute atomic E-state index is 0.0739. The summed E-state index contributed by atoms with van der Waals surface area (Å²) in [6.07, 6.45) is -3.93. The number of carboxylic acid groups (broad SMARTS) is 2. The van der Waals surface area contributed by atoms with Gasteiger partial charge in [0.25, 0.3) is 11.6 Å². The minimum atomic E-state index is -1.83. The molecule has 3 atom stereocenters. The number of hydrogen-bond acceptors (Lipinski definition) is 12. The fourth-order valence-corrected chi connectivity index (χ4v) is 5.06. The molecule has 1 saturated heterocycles. The number of aliphatic carboxylic acids is 1. The first-order valence-electron chi connectivity index (χ1n) is 11.3. The second-order valence-corrected chi connectivity index (χ2v) is 9.32. The molecule has 17 nitrogen and oxygen atoms in total. The zero-order chi connectivity index (χ0) is 29.6. The molecule has 0 spiro atoms. The molecule has 1 fully saturated rings. The van der Waals surface area contributed by atoms with Gasteiger partial charge in [0.15, 0.2) is 0 Å². The Kier molecular flexibility index (Phi) is 9.40. The van der Waals surface area contributed by atoms with Gasteiger partial charge in [-0.3, -0.25) is 24.6 Å². The van der Waals surface area contributed by atoms with Gasteiger partial charge in [-0.2, -0.15) is 0 Å². The number of anilines is 1. The number of fused-ring (bicyclic) bond motifs is 1. The van der Waals surface area contributed by atoms with Crippen molar-refractivity contribution in [3.05, 3.63) is 41.3 Å². The number of nitrogens with two attached hydrogens (primary N) is 2. The van der Waals surface area contributed by atoms with E-state index in [-0.39, 0.29) is 23.6 Å².